The van der Waals surface area contributed by atoms with Gasteiger partial charge in [-0.1, -0.05) is 29.8 Å². The van der Waals surface area contributed by atoms with E-state index in [1.54, 1.807) is 36.8 Å². The van der Waals surface area contributed by atoms with Crippen LogP contribution in [0.15, 0.2) is 79.5 Å². The van der Waals surface area contributed by atoms with Gasteiger partial charge in [-0.05, 0) is 23.9 Å². The van der Waals surface area contributed by atoms with Gasteiger partial charge in [-0.3, -0.25) is 8.78 Å². The maximum Gasteiger partial charge on any atom is 0.158 e. The standard InChI is InChI=1S/C13H13N5.C11H6F2N.CN.Ir/c1-17-8-6-14-12(17)10-4-3-5-11(16-10)13-15-7-9-18(13)2;12-8-4-5-9(10(13)7-8)11-3-1-2-6-14-11;1-2;/h3-9H,1-2H3;1-4,6-7H;;/q;2*-1;. The Balaban J connectivity index is 0.000000231. The molecule has 0 saturated carbocycles. The summed E-state index contributed by atoms with van der Waals surface area (Å²) >= 11 is 0. The molecule has 0 unspecified atom stereocenters. The Morgan fingerprint density at radius 1 is 0.800 bits per heavy atom. The van der Waals surface area contributed by atoms with E-state index in [0.717, 1.165) is 35.2 Å². The van der Waals surface area contributed by atoms with Crippen molar-refractivity contribution in [3.05, 3.63) is 104 Å². The molecule has 0 aliphatic rings. The third-order valence-electron chi connectivity index (χ3n) is 4.63. The molecule has 0 spiro atoms. The molecule has 4 heterocycles. The molecule has 1 radical (unpaired) electrons. The first-order valence-electron chi connectivity index (χ1n) is 9.96. The van der Waals surface area contributed by atoms with Crippen molar-refractivity contribution >= 4 is 0 Å². The van der Waals surface area contributed by atoms with Crippen LogP contribution in [0, 0.1) is 29.5 Å². The summed E-state index contributed by atoms with van der Waals surface area (Å²) in [5.74, 6) is 0.419. The molecular weight excluding hydrogens is 629 g/mol. The van der Waals surface area contributed by atoms with Gasteiger partial charge in [-0.2, -0.15) is 0 Å². The van der Waals surface area contributed by atoms with E-state index in [1.165, 1.54) is 0 Å². The Bertz CT molecular complexity index is 1330. The van der Waals surface area contributed by atoms with Crippen LogP contribution in [0.25, 0.3) is 34.3 Å². The predicted octanol–water partition coefficient (Wildman–Crippen LogP) is 4.80. The fourth-order valence-corrected chi connectivity index (χ4v) is 3.06. The molecule has 35 heavy (non-hydrogen) atoms. The minimum atomic E-state index is -0.649. The van der Waals surface area contributed by atoms with Crippen LogP contribution in [0.3, 0.4) is 0 Å². The van der Waals surface area contributed by atoms with Crippen LogP contribution < -0.4 is 0 Å². The number of pyridine rings is 2. The number of aryl methyl sites for hydroxylation is 2. The van der Waals surface area contributed by atoms with Gasteiger partial charge in [0.2, 0.25) is 0 Å². The normalized spacial score (nSPS) is 9.66. The summed E-state index contributed by atoms with van der Waals surface area (Å²) in [5, 5.41) is 6.25. The first kappa shape index (κ1) is 27.2. The molecule has 5 aromatic rings. The summed E-state index contributed by atoms with van der Waals surface area (Å²) in [6, 6.07) is 15.4. The van der Waals surface area contributed by atoms with Crippen LogP contribution >= 0.6 is 0 Å². The van der Waals surface area contributed by atoms with Crippen LogP contribution in [0.4, 0.5) is 8.78 Å². The van der Waals surface area contributed by atoms with Crippen LogP contribution in [0.5, 0.6) is 0 Å². The molecule has 10 heteroatoms. The Kier molecular flexibility index (Phi) is 10.1. The van der Waals surface area contributed by atoms with E-state index in [0.29, 0.717) is 5.69 Å². The fraction of sp³-hybridized carbons (Fsp3) is 0.0800. The van der Waals surface area contributed by atoms with Crippen LogP contribution in [0.2, 0.25) is 0 Å². The number of imidazole rings is 2. The van der Waals surface area contributed by atoms with E-state index < -0.39 is 11.6 Å². The zero-order chi connectivity index (χ0) is 24.5. The number of halogens is 2. The van der Waals surface area contributed by atoms with Gasteiger partial charge in [0.15, 0.2) is 11.6 Å². The van der Waals surface area contributed by atoms with Crippen molar-refractivity contribution in [2.24, 2.45) is 14.1 Å². The van der Waals surface area contributed by atoms with Gasteiger partial charge in [0.1, 0.15) is 11.4 Å². The largest absolute Gasteiger partial charge is 0.512 e. The first-order valence-corrected chi connectivity index (χ1v) is 9.96. The Hall–Kier alpha value is -4.06. The smallest absolute Gasteiger partial charge is 0.158 e. The van der Waals surface area contributed by atoms with Gasteiger partial charge in [0.05, 0.1) is 0 Å². The molecule has 0 atom stereocenters. The number of benzene rings is 1. The van der Waals surface area contributed by atoms with Gasteiger partial charge < -0.3 is 26.0 Å². The minimum Gasteiger partial charge on any atom is -0.512 e. The second-order valence-corrected chi connectivity index (χ2v) is 6.89. The molecule has 1 aromatic carbocycles. The van der Waals surface area contributed by atoms with Gasteiger partial charge in [-0.15, -0.1) is 12.1 Å². The molecular formula is C25H19F2IrN7-2. The van der Waals surface area contributed by atoms with E-state index in [9.17, 15) is 8.78 Å². The first-order chi connectivity index (χ1) is 16.5. The number of hydrogen-bond donors (Lipinski definition) is 0. The molecule has 4 aromatic heterocycles. The predicted molar refractivity (Wildman–Crippen MR) is 122 cm³/mol. The maximum atomic E-state index is 13.2. The van der Waals surface area contributed by atoms with E-state index in [1.807, 2.05) is 53.8 Å². The average molecular weight is 648 g/mol. The fourth-order valence-electron chi connectivity index (χ4n) is 3.06. The number of aromatic nitrogens is 6. The second kappa shape index (κ2) is 13.0. The Morgan fingerprint density at radius 2 is 1.37 bits per heavy atom. The van der Waals surface area contributed by atoms with Crippen molar-refractivity contribution in [2.45, 2.75) is 0 Å². The molecule has 7 nitrogen and oxygen atoms in total. The Morgan fingerprint density at radius 3 is 1.83 bits per heavy atom. The molecule has 0 N–H and O–H groups in total. The summed E-state index contributed by atoms with van der Waals surface area (Å²) in [6.45, 7) is 4.75. The summed E-state index contributed by atoms with van der Waals surface area (Å²) < 4.78 is 29.7. The van der Waals surface area contributed by atoms with E-state index in [-0.39, 0.29) is 25.7 Å². The van der Waals surface area contributed by atoms with Crippen molar-refractivity contribution in [3.63, 3.8) is 0 Å². The quantitative estimate of drug-likeness (QED) is 0.263. The summed E-state index contributed by atoms with van der Waals surface area (Å²) in [4.78, 5) is 17.2. The number of rotatable bonds is 3. The summed E-state index contributed by atoms with van der Waals surface area (Å²) in [7, 11) is 3.91. The van der Waals surface area contributed by atoms with Gasteiger partial charge in [-0.25, -0.2) is 15.0 Å². The van der Waals surface area contributed by atoms with E-state index >= 15 is 0 Å². The van der Waals surface area contributed by atoms with Gasteiger partial charge in [0, 0.05) is 76.8 Å². The van der Waals surface area contributed by atoms with Crippen LogP contribution in [0.1, 0.15) is 0 Å². The van der Waals surface area contributed by atoms with Crippen LogP contribution in [-0.4, -0.2) is 29.1 Å². The van der Waals surface area contributed by atoms with Gasteiger partial charge >= 0.3 is 0 Å². The summed E-state index contributed by atoms with van der Waals surface area (Å²) in [6.07, 6.45) is 8.90. The van der Waals surface area contributed by atoms with Crippen molar-refractivity contribution in [1.82, 2.24) is 29.1 Å². The van der Waals surface area contributed by atoms with Crippen molar-refractivity contribution in [2.75, 3.05) is 0 Å². The zero-order valence-corrected chi connectivity index (χ0v) is 21.1. The number of nitrogens with zero attached hydrogens (tertiary/aromatic N) is 7. The molecule has 0 aliphatic heterocycles. The molecule has 0 fully saturated rings. The second-order valence-electron chi connectivity index (χ2n) is 6.89. The monoisotopic (exact) mass is 648 g/mol. The number of hydrogen-bond acceptors (Lipinski definition) is 5. The van der Waals surface area contributed by atoms with E-state index in [2.05, 4.69) is 26.0 Å². The van der Waals surface area contributed by atoms with Crippen molar-refractivity contribution < 1.29 is 28.9 Å². The minimum absolute atomic E-state index is 0. The third kappa shape index (κ3) is 6.73. The van der Waals surface area contributed by atoms with E-state index in [4.69, 9.17) is 11.8 Å². The Labute approximate surface area is 215 Å². The molecule has 0 bridgehead atoms. The maximum absolute atomic E-state index is 13.2. The van der Waals surface area contributed by atoms with Crippen LogP contribution in [-0.2, 0) is 34.2 Å². The summed E-state index contributed by atoms with van der Waals surface area (Å²) in [5.41, 5.74) is 2.34. The van der Waals surface area contributed by atoms with Crippen molar-refractivity contribution in [3.8, 4) is 34.3 Å². The molecule has 0 aliphatic carbocycles. The molecule has 179 valence electrons. The van der Waals surface area contributed by atoms with Gasteiger partial charge in [0.25, 0.3) is 0 Å². The molecule has 5 rings (SSSR count). The molecule has 0 saturated heterocycles. The third-order valence-corrected chi connectivity index (χ3v) is 4.63. The topological polar surface area (TPSA) is 85.2 Å². The SMILES string of the molecule is Cn1ccnc1-c1cccc(-c2nccn2C)n1.Fc1c[c-]c(-c2ccccn2)c(F)c1.[C-]#N.[Ir]. The van der Waals surface area contributed by atoms with Crippen molar-refractivity contribution in [1.29, 1.82) is 5.26 Å². The zero-order valence-electron chi connectivity index (χ0n) is 18.7. The average Bonchev–Trinajstić information content (AvgIpc) is 3.49. The molecule has 0 amide bonds.